The van der Waals surface area contributed by atoms with Crippen LogP contribution in [0.3, 0.4) is 0 Å². The summed E-state index contributed by atoms with van der Waals surface area (Å²) in [6.45, 7) is 4.61. The lowest BCUT2D eigenvalue weighted by atomic mass is 10.1. The predicted molar refractivity (Wildman–Crippen MR) is 137 cm³/mol. The van der Waals surface area contributed by atoms with E-state index in [2.05, 4.69) is 28.0 Å². The van der Waals surface area contributed by atoms with Crippen molar-refractivity contribution < 1.29 is 4.39 Å². The van der Waals surface area contributed by atoms with E-state index in [-0.39, 0.29) is 5.82 Å². The third-order valence-electron chi connectivity index (χ3n) is 6.37. The van der Waals surface area contributed by atoms with Crippen LogP contribution in [0.2, 0.25) is 5.02 Å². The highest BCUT2D eigenvalue weighted by atomic mass is 35.5. The molecule has 0 saturated carbocycles. The molecule has 4 aromatic rings. The fourth-order valence-electron chi connectivity index (χ4n) is 4.55. The average Bonchev–Trinajstić information content (AvgIpc) is 3.30. The first-order chi connectivity index (χ1) is 16.7. The van der Waals surface area contributed by atoms with Crippen molar-refractivity contribution in [3.63, 3.8) is 0 Å². The van der Waals surface area contributed by atoms with Crippen molar-refractivity contribution >= 4 is 17.3 Å². The molecule has 0 N–H and O–H groups in total. The van der Waals surface area contributed by atoms with Gasteiger partial charge in [-0.2, -0.15) is 5.10 Å². The Labute approximate surface area is 205 Å². The zero-order valence-corrected chi connectivity index (χ0v) is 19.8. The van der Waals surface area contributed by atoms with Crippen LogP contribution in [0.25, 0.3) is 16.9 Å². The highest BCUT2D eigenvalue weighted by molar-refractivity contribution is 6.30. The number of anilines is 1. The molecular weight excluding hydrogens is 447 g/mol. The topological polar surface area (TPSA) is 24.3 Å². The van der Waals surface area contributed by atoms with E-state index in [1.54, 1.807) is 6.07 Å². The van der Waals surface area contributed by atoms with Crippen LogP contribution in [0.5, 0.6) is 0 Å². The third kappa shape index (κ3) is 5.16. The number of hydrogen-bond acceptors (Lipinski definition) is 3. The Balaban J connectivity index is 1.22. The quantitative estimate of drug-likeness (QED) is 0.324. The Bertz CT molecular complexity index is 1210. The van der Waals surface area contributed by atoms with Gasteiger partial charge in [0.2, 0.25) is 0 Å². The minimum Gasteiger partial charge on any atom is -0.367 e. The second-order valence-electron chi connectivity index (χ2n) is 8.66. The number of rotatable bonds is 7. The van der Waals surface area contributed by atoms with E-state index < -0.39 is 0 Å². The molecule has 0 amide bonds. The SMILES string of the molecule is Fc1ccccc1N1CCN(CCCc2cc(-c3ccc(Cl)cc3)n(-c3ccccc3)n2)CC1. The molecule has 0 atom stereocenters. The molecule has 3 aromatic carbocycles. The van der Waals surface area contributed by atoms with Gasteiger partial charge in [0.15, 0.2) is 0 Å². The molecule has 0 radical (unpaired) electrons. The van der Waals surface area contributed by atoms with E-state index in [1.165, 1.54) is 6.07 Å². The zero-order chi connectivity index (χ0) is 23.3. The van der Waals surface area contributed by atoms with Crippen molar-refractivity contribution in [2.45, 2.75) is 12.8 Å². The van der Waals surface area contributed by atoms with Gasteiger partial charge in [0.25, 0.3) is 0 Å². The molecule has 0 unspecified atom stereocenters. The van der Waals surface area contributed by atoms with Crippen LogP contribution < -0.4 is 4.90 Å². The number of nitrogens with zero attached hydrogens (tertiary/aromatic N) is 4. The highest BCUT2D eigenvalue weighted by Gasteiger charge is 2.19. The number of piperazine rings is 1. The summed E-state index contributed by atoms with van der Waals surface area (Å²) in [5, 5.41) is 5.67. The van der Waals surface area contributed by atoms with E-state index in [0.29, 0.717) is 5.69 Å². The minimum absolute atomic E-state index is 0.138. The maximum atomic E-state index is 14.1. The van der Waals surface area contributed by atoms with Crippen molar-refractivity contribution in [2.24, 2.45) is 0 Å². The molecule has 1 fully saturated rings. The van der Waals surface area contributed by atoms with Crippen LogP contribution in [0.1, 0.15) is 12.1 Å². The first-order valence-electron chi connectivity index (χ1n) is 11.8. The van der Waals surface area contributed by atoms with Crippen molar-refractivity contribution in [3.8, 4) is 16.9 Å². The van der Waals surface area contributed by atoms with Gasteiger partial charge >= 0.3 is 0 Å². The zero-order valence-electron chi connectivity index (χ0n) is 19.1. The maximum absolute atomic E-state index is 14.1. The van der Waals surface area contributed by atoms with Gasteiger partial charge in [-0.05, 0) is 61.9 Å². The second-order valence-corrected chi connectivity index (χ2v) is 9.10. The van der Waals surface area contributed by atoms with Crippen LogP contribution in [0, 0.1) is 5.82 Å². The van der Waals surface area contributed by atoms with Gasteiger partial charge in [-0.25, -0.2) is 9.07 Å². The van der Waals surface area contributed by atoms with E-state index in [4.69, 9.17) is 16.7 Å². The Morgan fingerprint density at radius 1 is 0.824 bits per heavy atom. The number of aryl methyl sites for hydroxylation is 1. The molecule has 174 valence electrons. The lowest BCUT2D eigenvalue weighted by Crippen LogP contribution is -2.47. The maximum Gasteiger partial charge on any atom is 0.146 e. The summed E-state index contributed by atoms with van der Waals surface area (Å²) in [6, 6.07) is 27.4. The molecule has 5 rings (SSSR count). The average molecular weight is 475 g/mol. The molecule has 1 aliphatic rings. The van der Waals surface area contributed by atoms with Crippen molar-refractivity contribution in [3.05, 3.63) is 101 Å². The molecule has 1 aliphatic heterocycles. The van der Waals surface area contributed by atoms with E-state index in [1.807, 2.05) is 59.3 Å². The summed E-state index contributed by atoms with van der Waals surface area (Å²) in [7, 11) is 0. The molecular formula is C28H28ClFN4. The van der Waals surface area contributed by atoms with Crippen LogP contribution in [0.15, 0.2) is 84.9 Å². The van der Waals surface area contributed by atoms with Gasteiger partial charge in [-0.15, -0.1) is 0 Å². The van der Waals surface area contributed by atoms with Crippen LogP contribution >= 0.6 is 11.6 Å². The number of aromatic nitrogens is 2. The molecule has 6 heteroatoms. The Morgan fingerprint density at radius 2 is 1.53 bits per heavy atom. The number of halogens is 2. The largest absolute Gasteiger partial charge is 0.367 e. The highest BCUT2D eigenvalue weighted by Crippen LogP contribution is 2.26. The van der Waals surface area contributed by atoms with Gasteiger partial charge in [-0.3, -0.25) is 4.90 Å². The summed E-state index contributed by atoms with van der Waals surface area (Å²) < 4.78 is 16.1. The second kappa shape index (κ2) is 10.4. The Hall–Kier alpha value is -3.15. The molecule has 0 aliphatic carbocycles. The lowest BCUT2D eigenvalue weighted by molar-refractivity contribution is 0.254. The predicted octanol–water partition coefficient (Wildman–Crippen LogP) is 6.09. The number of hydrogen-bond donors (Lipinski definition) is 0. The molecule has 34 heavy (non-hydrogen) atoms. The lowest BCUT2D eigenvalue weighted by Gasteiger charge is -2.36. The minimum atomic E-state index is -0.138. The standard InChI is InChI=1S/C28H28ClFN4/c29-23-14-12-22(13-15-23)28-21-24(31-34(28)25-8-2-1-3-9-25)7-6-16-32-17-19-33(20-18-32)27-11-5-4-10-26(27)30/h1-5,8-15,21H,6-7,16-20H2. The van der Waals surface area contributed by atoms with Gasteiger partial charge < -0.3 is 4.90 Å². The molecule has 0 bridgehead atoms. The van der Waals surface area contributed by atoms with E-state index in [9.17, 15) is 4.39 Å². The van der Waals surface area contributed by atoms with Gasteiger partial charge in [0.05, 0.1) is 22.8 Å². The van der Waals surface area contributed by atoms with E-state index in [0.717, 1.165) is 73.2 Å². The molecule has 1 saturated heterocycles. The number of para-hydroxylation sites is 2. The summed E-state index contributed by atoms with van der Waals surface area (Å²) in [5.74, 6) is -0.138. The van der Waals surface area contributed by atoms with Crippen LogP contribution in [0.4, 0.5) is 10.1 Å². The molecule has 2 heterocycles. The first-order valence-corrected chi connectivity index (χ1v) is 12.2. The summed E-state index contributed by atoms with van der Waals surface area (Å²) >= 11 is 6.11. The normalized spacial score (nSPS) is 14.5. The van der Waals surface area contributed by atoms with Crippen LogP contribution in [-0.2, 0) is 6.42 Å². The molecule has 4 nitrogen and oxygen atoms in total. The van der Waals surface area contributed by atoms with Crippen molar-refractivity contribution in [2.75, 3.05) is 37.6 Å². The fraction of sp³-hybridized carbons (Fsp3) is 0.250. The van der Waals surface area contributed by atoms with Crippen LogP contribution in [-0.4, -0.2) is 47.4 Å². The Kier molecular flexibility index (Phi) is 6.93. The smallest absolute Gasteiger partial charge is 0.146 e. The molecule has 1 aromatic heterocycles. The summed E-state index contributed by atoms with van der Waals surface area (Å²) in [6.07, 6.45) is 1.94. The first kappa shape index (κ1) is 22.6. The van der Waals surface area contributed by atoms with Crippen molar-refractivity contribution in [1.29, 1.82) is 0 Å². The van der Waals surface area contributed by atoms with Crippen molar-refractivity contribution in [1.82, 2.24) is 14.7 Å². The van der Waals surface area contributed by atoms with E-state index >= 15 is 0 Å². The monoisotopic (exact) mass is 474 g/mol. The van der Waals surface area contributed by atoms with Gasteiger partial charge in [-0.1, -0.05) is 54.1 Å². The van der Waals surface area contributed by atoms with Gasteiger partial charge in [0.1, 0.15) is 5.82 Å². The van der Waals surface area contributed by atoms with Gasteiger partial charge in [0, 0.05) is 36.8 Å². The Morgan fingerprint density at radius 3 is 2.26 bits per heavy atom. The third-order valence-corrected chi connectivity index (χ3v) is 6.63. The number of benzene rings is 3. The fourth-order valence-corrected chi connectivity index (χ4v) is 4.67. The molecule has 0 spiro atoms. The summed E-state index contributed by atoms with van der Waals surface area (Å²) in [4.78, 5) is 4.61. The summed E-state index contributed by atoms with van der Waals surface area (Å²) in [5.41, 5.74) is 5.00.